The average Bonchev–Trinajstić information content (AvgIpc) is 2.36. The molecule has 1 N–H and O–H groups in total. The number of carbonyl (C=O) groups excluding carboxylic acids is 1. The summed E-state index contributed by atoms with van der Waals surface area (Å²) in [7, 11) is 0. The van der Waals surface area contributed by atoms with Crippen LogP contribution >= 0.6 is 0 Å². The molecule has 1 aromatic rings. The zero-order valence-corrected chi connectivity index (χ0v) is 12.7. The van der Waals surface area contributed by atoms with Gasteiger partial charge in [-0.05, 0) is 12.3 Å². The van der Waals surface area contributed by atoms with E-state index in [0.717, 1.165) is 36.5 Å². The van der Waals surface area contributed by atoms with Crippen LogP contribution in [0, 0.1) is 5.41 Å². The van der Waals surface area contributed by atoms with Crippen molar-refractivity contribution in [3.8, 4) is 0 Å². The molecule has 2 heterocycles. The van der Waals surface area contributed by atoms with Crippen molar-refractivity contribution in [2.45, 2.75) is 47.1 Å². The van der Waals surface area contributed by atoms with Crippen LogP contribution in [0.25, 0.3) is 0 Å². The van der Waals surface area contributed by atoms with Crippen LogP contribution in [0.1, 0.15) is 55.3 Å². The van der Waals surface area contributed by atoms with Gasteiger partial charge in [-0.3, -0.25) is 0 Å². The molecule has 0 radical (unpaired) electrons. The van der Waals surface area contributed by atoms with E-state index in [-0.39, 0.29) is 11.4 Å². The van der Waals surface area contributed by atoms with E-state index in [4.69, 9.17) is 4.74 Å². The van der Waals surface area contributed by atoms with Crippen molar-refractivity contribution in [3.05, 3.63) is 22.8 Å². The van der Waals surface area contributed by atoms with Crippen LogP contribution in [0.4, 0.5) is 0 Å². The maximum absolute atomic E-state index is 12.1. The van der Waals surface area contributed by atoms with Crippen molar-refractivity contribution in [1.82, 2.24) is 15.3 Å². The first kappa shape index (κ1) is 14.9. The summed E-state index contributed by atoms with van der Waals surface area (Å²) in [4.78, 5) is 21.2. The van der Waals surface area contributed by atoms with Crippen molar-refractivity contribution in [1.29, 1.82) is 0 Å². The fourth-order valence-electron chi connectivity index (χ4n) is 2.32. The molecule has 0 bridgehead atoms. The Morgan fingerprint density at radius 2 is 2.10 bits per heavy atom. The molecule has 0 aromatic carbocycles. The fourth-order valence-corrected chi connectivity index (χ4v) is 2.32. The lowest BCUT2D eigenvalue weighted by atomic mass is 9.91. The summed E-state index contributed by atoms with van der Waals surface area (Å²) in [5.41, 5.74) is 2.41. The second-order valence-electron chi connectivity index (χ2n) is 6.30. The Balaban J connectivity index is 2.41. The molecular formula is C15H23N3O2. The second kappa shape index (κ2) is 5.87. The maximum atomic E-state index is 12.1. The number of hydrogen-bond acceptors (Lipinski definition) is 5. The number of hydrogen-bond donors (Lipinski definition) is 1. The molecule has 0 saturated carbocycles. The molecule has 0 unspecified atom stereocenters. The highest BCUT2D eigenvalue weighted by atomic mass is 16.5. The third-order valence-electron chi connectivity index (χ3n) is 3.14. The topological polar surface area (TPSA) is 64.1 Å². The first-order valence-corrected chi connectivity index (χ1v) is 7.17. The van der Waals surface area contributed by atoms with Gasteiger partial charge in [0.15, 0.2) is 5.69 Å². The van der Waals surface area contributed by atoms with Crippen molar-refractivity contribution in [2.75, 3.05) is 13.2 Å². The number of aromatic nitrogens is 2. The van der Waals surface area contributed by atoms with Crippen LogP contribution in [0.2, 0.25) is 0 Å². The minimum absolute atomic E-state index is 0.0904. The summed E-state index contributed by atoms with van der Waals surface area (Å²) < 4.78 is 5.12. The van der Waals surface area contributed by atoms with Crippen LogP contribution in [0.3, 0.4) is 0 Å². The largest absolute Gasteiger partial charge is 0.461 e. The Kier molecular flexibility index (Phi) is 4.38. The van der Waals surface area contributed by atoms with E-state index in [0.29, 0.717) is 18.8 Å². The van der Waals surface area contributed by atoms with Crippen molar-refractivity contribution < 1.29 is 9.53 Å². The van der Waals surface area contributed by atoms with Gasteiger partial charge in [-0.1, -0.05) is 20.8 Å². The van der Waals surface area contributed by atoms with Gasteiger partial charge in [0, 0.05) is 31.5 Å². The van der Waals surface area contributed by atoms with Crippen LogP contribution < -0.4 is 5.32 Å². The molecule has 0 saturated heterocycles. The predicted octanol–water partition coefficient (Wildman–Crippen LogP) is 1.89. The van der Waals surface area contributed by atoms with E-state index >= 15 is 0 Å². The first-order chi connectivity index (χ1) is 9.40. The Bertz CT molecular complexity index is 507. The molecule has 5 heteroatoms. The van der Waals surface area contributed by atoms with Gasteiger partial charge in [0.2, 0.25) is 0 Å². The van der Waals surface area contributed by atoms with E-state index in [1.807, 2.05) is 0 Å². The Labute approximate surface area is 120 Å². The Hall–Kier alpha value is -1.49. The molecule has 110 valence electrons. The predicted molar refractivity (Wildman–Crippen MR) is 76.6 cm³/mol. The van der Waals surface area contributed by atoms with Gasteiger partial charge in [-0.25, -0.2) is 14.8 Å². The standard InChI is InChI=1S/C15H23N3O2/c1-5-20-14(19)13-10-9-16-7-6-11(10)17-12(18-13)8-15(2,3)4/h16H,5-9H2,1-4H3. The SMILES string of the molecule is CCOC(=O)c1nc(CC(C)(C)C)nc2c1CNCC2. The third-order valence-corrected chi connectivity index (χ3v) is 3.14. The summed E-state index contributed by atoms with van der Waals surface area (Å²) >= 11 is 0. The molecule has 1 aliphatic rings. The minimum Gasteiger partial charge on any atom is -0.461 e. The quantitative estimate of drug-likeness (QED) is 0.855. The highest BCUT2D eigenvalue weighted by molar-refractivity contribution is 5.89. The molecule has 1 aromatic heterocycles. The van der Waals surface area contributed by atoms with Gasteiger partial charge in [-0.2, -0.15) is 0 Å². The van der Waals surface area contributed by atoms with Crippen LogP contribution in [0.15, 0.2) is 0 Å². The molecule has 0 aliphatic carbocycles. The Morgan fingerprint density at radius 3 is 2.75 bits per heavy atom. The molecule has 0 atom stereocenters. The van der Waals surface area contributed by atoms with Gasteiger partial charge in [0.05, 0.1) is 12.3 Å². The highest BCUT2D eigenvalue weighted by Gasteiger charge is 2.24. The van der Waals surface area contributed by atoms with Gasteiger partial charge in [-0.15, -0.1) is 0 Å². The van der Waals surface area contributed by atoms with Crippen molar-refractivity contribution in [3.63, 3.8) is 0 Å². The summed E-state index contributed by atoms with van der Waals surface area (Å²) in [6.45, 7) is 10.1. The zero-order chi connectivity index (χ0) is 14.8. The van der Waals surface area contributed by atoms with E-state index in [1.54, 1.807) is 6.92 Å². The minimum atomic E-state index is -0.343. The van der Waals surface area contributed by atoms with Crippen LogP contribution in [-0.4, -0.2) is 29.1 Å². The second-order valence-corrected chi connectivity index (χ2v) is 6.30. The molecule has 5 nitrogen and oxygen atoms in total. The van der Waals surface area contributed by atoms with Gasteiger partial charge in [0.25, 0.3) is 0 Å². The number of nitrogens with zero attached hydrogens (tertiary/aromatic N) is 2. The summed E-state index contributed by atoms with van der Waals surface area (Å²) in [5.74, 6) is 0.395. The first-order valence-electron chi connectivity index (χ1n) is 7.17. The van der Waals surface area contributed by atoms with Crippen LogP contribution in [-0.2, 0) is 24.1 Å². The van der Waals surface area contributed by atoms with Gasteiger partial charge >= 0.3 is 5.97 Å². The smallest absolute Gasteiger partial charge is 0.357 e. The number of rotatable bonds is 3. The normalized spacial score (nSPS) is 14.8. The molecule has 1 aliphatic heterocycles. The number of ether oxygens (including phenoxy) is 1. The van der Waals surface area contributed by atoms with Gasteiger partial charge < -0.3 is 10.1 Å². The van der Waals surface area contributed by atoms with Crippen molar-refractivity contribution >= 4 is 5.97 Å². The molecule has 20 heavy (non-hydrogen) atoms. The van der Waals surface area contributed by atoms with E-state index in [9.17, 15) is 4.79 Å². The number of carbonyl (C=O) groups is 1. The number of fused-ring (bicyclic) bond motifs is 1. The summed E-state index contributed by atoms with van der Waals surface area (Å²) in [6.07, 6.45) is 1.58. The fraction of sp³-hybridized carbons (Fsp3) is 0.667. The van der Waals surface area contributed by atoms with Crippen molar-refractivity contribution in [2.24, 2.45) is 5.41 Å². The lowest BCUT2D eigenvalue weighted by molar-refractivity contribution is 0.0516. The van der Waals surface area contributed by atoms with Gasteiger partial charge in [0.1, 0.15) is 5.82 Å². The molecular weight excluding hydrogens is 254 g/mol. The molecule has 2 rings (SSSR count). The lowest BCUT2D eigenvalue weighted by Crippen LogP contribution is -2.29. The van der Waals surface area contributed by atoms with Crippen LogP contribution in [0.5, 0.6) is 0 Å². The lowest BCUT2D eigenvalue weighted by Gasteiger charge is -2.22. The summed E-state index contributed by atoms with van der Waals surface area (Å²) in [6, 6.07) is 0. The van der Waals surface area contributed by atoms with E-state index in [1.165, 1.54) is 0 Å². The highest BCUT2D eigenvalue weighted by Crippen LogP contribution is 2.22. The zero-order valence-electron chi connectivity index (χ0n) is 12.7. The van der Waals surface area contributed by atoms with E-state index in [2.05, 4.69) is 36.1 Å². The molecule has 0 spiro atoms. The van der Waals surface area contributed by atoms with E-state index < -0.39 is 0 Å². The number of nitrogens with one attached hydrogen (secondary N) is 1. The monoisotopic (exact) mass is 277 g/mol. The Morgan fingerprint density at radius 1 is 1.35 bits per heavy atom. The third kappa shape index (κ3) is 3.54. The molecule has 0 fully saturated rings. The maximum Gasteiger partial charge on any atom is 0.357 e. The average molecular weight is 277 g/mol. The number of esters is 1. The summed E-state index contributed by atoms with van der Waals surface area (Å²) in [5, 5.41) is 3.26. The molecule has 0 amide bonds.